The highest BCUT2D eigenvalue weighted by Gasteiger charge is 2.11. The summed E-state index contributed by atoms with van der Waals surface area (Å²) in [5, 5.41) is 9.28. The normalized spacial score (nSPS) is 9.82. The van der Waals surface area contributed by atoms with E-state index >= 15 is 0 Å². The zero-order valence-corrected chi connectivity index (χ0v) is 11.5. The maximum atomic E-state index is 11.3. The molecule has 3 aromatic heterocycles. The number of aromatic nitrogens is 3. The quantitative estimate of drug-likeness (QED) is 0.795. The summed E-state index contributed by atoms with van der Waals surface area (Å²) < 4.78 is 0. The lowest BCUT2D eigenvalue weighted by Crippen LogP contribution is -2.00. The van der Waals surface area contributed by atoms with Crippen LogP contribution in [0.1, 0.15) is 10.4 Å². The molecule has 3 N–H and O–H groups in total. The molecule has 0 radical (unpaired) electrons. The van der Waals surface area contributed by atoms with Gasteiger partial charge in [0.1, 0.15) is 0 Å². The molecular weight excluding hydrogens is 282 g/mol. The second kappa shape index (κ2) is 6.55. The fraction of sp³-hybridized carbons (Fsp3) is 0. The van der Waals surface area contributed by atoms with Crippen LogP contribution in [0.5, 0.6) is 0 Å². The average molecular weight is 295 g/mol. The first-order chi connectivity index (χ1) is 10.2. The number of hydrogen-bond donors (Lipinski definition) is 1. The Bertz CT molecular complexity index is 719. The Morgan fingerprint density at radius 1 is 0.818 bits per heavy atom. The van der Waals surface area contributed by atoms with Gasteiger partial charge in [-0.3, -0.25) is 9.97 Å². The molecule has 0 aromatic carbocycles. The number of pyridine rings is 3. The molecule has 3 aromatic rings. The summed E-state index contributed by atoms with van der Waals surface area (Å²) >= 11 is 0. The van der Waals surface area contributed by atoms with E-state index in [0.29, 0.717) is 11.4 Å². The molecule has 0 atom stereocenters. The molecule has 3 heterocycles. The fourth-order valence-electron chi connectivity index (χ4n) is 2.00. The summed E-state index contributed by atoms with van der Waals surface area (Å²) in [6.07, 6.45) is 6.60. The summed E-state index contributed by atoms with van der Waals surface area (Å²) in [4.78, 5) is 23.8. The minimum atomic E-state index is -0.983. The van der Waals surface area contributed by atoms with Gasteiger partial charge in [0.25, 0.3) is 0 Å². The highest BCUT2D eigenvalue weighted by Crippen LogP contribution is 2.24. The van der Waals surface area contributed by atoms with E-state index in [-0.39, 0.29) is 11.0 Å². The van der Waals surface area contributed by atoms with Crippen molar-refractivity contribution in [3.63, 3.8) is 0 Å². The standard InChI is InChI=1S/C16H11N3O2.H2O/c20-16(21)13-9-14(11-1-5-17-6-2-11)19-15(10-13)12-3-7-18-8-4-12;/h1-10H,(H,20,21);1H2. The van der Waals surface area contributed by atoms with Crippen LogP contribution in [0.3, 0.4) is 0 Å². The number of rotatable bonds is 3. The second-order valence-corrected chi connectivity index (χ2v) is 4.40. The van der Waals surface area contributed by atoms with Gasteiger partial charge in [-0.1, -0.05) is 0 Å². The molecule has 0 spiro atoms. The average Bonchev–Trinajstić information content (AvgIpc) is 2.56. The van der Waals surface area contributed by atoms with E-state index in [1.54, 1.807) is 61.2 Å². The molecule has 0 saturated heterocycles. The van der Waals surface area contributed by atoms with Gasteiger partial charge in [-0.15, -0.1) is 0 Å². The third-order valence-electron chi connectivity index (χ3n) is 3.02. The van der Waals surface area contributed by atoms with Crippen molar-refractivity contribution in [3.05, 3.63) is 66.7 Å². The van der Waals surface area contributed by atoms with Gasteiger partial charge in [-0.25, -0.2) is 9.78 Å². The second-order valence-electron chi connectivity index (χ2n) is 4.40. The van der Waals surface area contributed by atoms with Crippen LogP contribution in [0.4, 0.5) is 0 Å². The zero-order valence-electron chi connectivity index (χ0n) is 11.5. The summed E-state index contributed by atoms with van der Waals surface area (Å²) in [6, 6.07) is 10.3. The summed E-state index contributed by atoms with van der Waals surface area (Å²) in [5.74, 6) is -0.983. The molecule has 0 aliphatic heterocycles. The van der Waals surface area contributed by atoms with Crippen LogP contribution in [-0.4, -0.2) is 31.5 Å². The molecular formula is C16H13N3O3. The van der Waals surface area contributed by atoms with Gasteiger partial charge in [0.2, 0.25) is 0 Å². The molecule has 0 unspecified atom stereocenters. The van der Waals surface area contributed by atoms with E-state index in [9.17, 15) is 9.90 Å². The van der Waals surface area contributed by atoms with Gasteiger partial charge >= 0.3 is 5.97 Å². The van der Waals surface area contributed by atoms with Crippen molar-refractivity contribution in [3.8, 4) is 22.5 Å². The Kier molecular flexibility index (Phi) is 4.55. The van der Waals surface area contributed by atoms with Gasteiger partial charge in [-0.2, -0.15) is 0 Å². The smallest absolute Gasteiger partial charge is 0.335 e. The maximum absolute atomic E-state index is 11.3. The van der Waals surface area contributed by atoms with Crippen LogP contribution in [-0.2, 0) is 0 Å². The van der Waals surface area contributed by atoms with E-state index in [1.165, 1.54) is 0 Å². The van der Waals surface area contributed by atoms with E-state index in [1.807, 2.05) is 0 Å². The number of carboxylic acid groups (broad SMARTS) is 1. The molecule has 0 bridgehead atoms. The summed E-state index contributed by atoms with van der Waals surface area (Å²) in [7, 11) is 0. The number of carboxylic acids is 1. The lowest BCUT2D eigenvalue weighted by Gasteiger charge is -2.07. The first-order valence-electron chi connectivity index (χ1n) is 6.30. The topological polar surface area (TPSA) is 107 Å². The highest BCUT2D eigenvalue weighted by molar-refractivity contribution is 5.90. The Morgan fingerprint density at radius 3 is 1.59 bits per heavy atom. The minimum absolute atomic E-state index is 0. The SMILES string of the molecule is O.O=C(O)c1cc(-c2ccncc2)nc(-c2ccncc2)c1. The highest BCUT2D eigenvalue weighted by atomic mass is 16.4. The molecule has 22 heavy (non-hydrogen) atoms. The number of nitrogens with zero attached hydrogens (tertiary/aromatic N) is 3. The Hall–Kier alpha value is -3.12. The van der Waals surface area contributed by atoms with E-state index < -0.39 is 5.97 Å². The number of hydrogen-bond acceptors (Lipinski definition) is 4. The number of aromatic carboxylic acids is 1. The van der Waals surface area contributed by atoms with Crippen LogP contribution >= 0.6 is 0 Å². The van der Waals surface area contributed by atoms with Gasteiger partial charge in [-0.05, 0) is 36.4 Å². The zero-order chi connectivity index (χ0) is 14.7. The predicted molar refractivity (Wildman–Crippen MR) is 81.3 cm³/mol. The van der Waals surface area contributed by atoms with Crippen molar-refractivity contribution >= 4 is 5.97 Å². The molecule has 0 saturated carbocycles. The van der Waals surface area contributed by atoms with Crippen molar-refractivity contribution in [2.75, 3.05) is 0 Å². The van der Waals surface area contributed by atoms with Crippen molar-refractivity contribution in [1.29, 1.82) is 0 Å². The first kappa shape index (κ1) is 15.3. The van der Waals surface area contributed by atoms with Gasteiger partial charge in [0.05, 0.1) is 17.0 Å². The van der Waals surface area contributed by atoms with Crippen LogP contribution in [0.2, 0.25) is 0 Å². The Morgan fingerprint density at radius 2 is 1.23 bits per heavy atom. The molecule has 0 amide bonds. The largest absolute Gasteiger partial charge is 0.478 e. The Labute approximate surface area is 126 Å². The van der Waals surface area contributed by atoms with E-state index in [2.05, 4.69) is 15.0 Å². The molecule has 6 heteroatoms. The molecule has 6 nitrogen and oxygen atoms in total. The Balaban J connectivity index is 0.00000176. The lowest BCUT2D eigenvalue weighted by molar-refractivity contribution is 0.0697. The van der Waals surface area contributed by atoms with Crippen molar-refractivity contribution in [1.82, 2.24) is 15.0 Å². The summed E-state index contributed by atoms with van der Waals surface area (Å²) in [5.41, 5.74) is 3.05. The first-order valence-corrected chi connectivity index (χ1v) is 6.30. The monoisotopic (exact) mass is 295 g/mol. The predicted octanol–water partition coefficient (Wildman–Crippen LogP) is 2.08. The third-order valence-corrected chi connectivity index (χ3v) is 3.02. The molecule has 0 fully saturated rings. The minimum Gasteiger partial charge on any atom is -0.478 e. The summed E-state index contributed by atoms with van der Waals surface area (Å²) in [6.45, 7) is 0. The fourth-order valence-corrected chi connectivity index (χ4v) is 2.00. The lowest BCUT2D eigenvalue weighted by atomic mass is 10.1. The van der Waals surface area contributed by atoms with Gasteiger partial charge in [0.15, 0.2) is 0 Å². The molecule has 0 aliphatic rings. The van der Waals surface area contributed by atoms with Crippen molar-refractivity contribution in [2.24, 2.45) is 0 Å². The van der Waals surface area contributed by atoms with E-state index in [0.717, 1.165) is 11.1 Å². The van der Waals surface area contributed by atoms with Gasteiger partial charge < -0.3 is 10.6 Å². The maximum Gasteiger partial charge on any atom is 0.335 e. The van der Waals surface area contributed by atoms with Crippen LogP contribution in [0.25, 0.3) is 22.5 Å². The van der Waals surface area contributed by atoms with Crippen molar-refractivity contribution < 1.29 is 15.4 Å². The molecule has 0 aliphatic carbocycles. The van der Waals surface area contributed by atoms with Gasteiger partial charge in [0, 0.05) is 35.9 Å². The van der Waals surface area contributed by atoms with Crippen LogP contribution in [0.15, 0.2) is 61.2 Å². The molecule has 110 valence electrons. The third kappa shape index (κ3) is 3.13. The van der Waals surface area contributed by atoms with Crippen LogP contribution < -0.4 is 0 Å². The number of carbonyl (C=O) groups is 1. The molecule has 3 rings (SSSR count). The van der Waals surface area contributed by atoms with Crippen molar-refractivity contribution in [2.45, 2.75) is 0 Å². The van der Waals surface area contributed by atoms with E-state index in [4.69, 9.17) is 0 Å². The van der Waals surface area contributed by atoms with Crippen LogP contribution in [0, 0.1) is 0 Å².